The maximum atomic E-state index is 9.50. The Morgan fingerprint density at radius 1 is 1.36 bits per heavy atom. The number of benzene rings is 1. The van der Waals surface area contributed by atoms with Crippen LogP contribution in [-0.4, -0.2) is 22.9 Å². The molecule has 0 saturated carbocycles. The smallest absolute Gasteiger partial charge is 0.0876 e. The first-order valence-corrected chi connectivity index (χ1v) is 5.24. The van der Waals surface area contributed by atoms with Crippen molar-refractivity contribution in [2.24, 2.45) is 0 Å². The molecular weight excluding hydrogens is 244 g/mol. The Hall–Kier alpha value is -0.640. The molecule has 0 bridgehead atoms. The van der Waals surface area contributed by atoms with Crippen LogP contribution in [0.3, 0.4) is 0 Å². The molecule has 0 amide bonds. The van der Waals surface area contributed by atoms with E-state index in [1.165, 1.54) is 0 Å². The lowest BCUT2D eigenvalue weighted by atomic mass is 10.1. The summed E-state index contributed by atoms with van der Waals surface area (Å²) in [6, 6.07) is 9.71. The fourth-order valence-electron chi connectivity index (χ4n) is 1.06. The lowest BCUT2D eigenvalue weighted by Gasteiger charge is -2.07. The van der Waals surface area contributed by atoms with Crippen LogP contribution >= 0.6 is 15.9 Å². The fraction of sp³-hybridized carbons (Fsp3) is 0.273. The van der Waals surface area contributed by atoms with Gasteiger partial charge in [-0.2, -0.15) is 0 Å². The van der Waals surface area contributed by atoms with Gasteiger partial charge in [-0.1, -0.05) is 46.3 Å². The van der Waals surface area contributed by atoms with E-state index in [-0.39, 0.29) is 6.61 Å². The molecule has 1 rings (SSSR count). The van der Waals surface area contributed by atoms with Crippen LogP contribution in [0.15, 0.2) is 34.8 Å². The second-order valence-corrected chi connectivity index (χ2v) is 3.88. The predicted molar refractivity (Wildman–Crippen MR) is 61.1 cm³/mol. The molecule has 0 aliphatic rings. The summed E-state index contributed by atoms with van der Waals surface area (Å²) in [6.07, 6.45) is 1.57. The lowest BCUT2D eigenvalue weighted by molar-refractivity contribution is 0.168. The van der Waals surface area contributed by atoms with Gasteiger partial charge in [-0.25, -0.2) is 0 Å². The van der Waals surface area contributed by atoms with Crippen LogP contribution in [0.25, 0.3) is 6.08 Å². The summed E-state index contributed by atoms with van der Waals surface area (Å²) in [6.45, 7) is -0.0150. The largest absolute Gasteiger partial charge is 0.396 e. The third-order valence-electron chi connectivity index (χ3n) is 1.82. The number of rotatable bonds is 4. The quantitative estimate of drug-likeness (QED) is 0.867. The summed E-state index contributed by atoms with van der Waals surface area (Å²) in [5.41, 5.74) is 1.02. The van der Waals surface area contributed by atoms with E-state index in [4.69, 9.17) is 5.11 Å². The third-order valence-corrected chi connectivity index (χ3v) is 2.58. The second kappa shape index (κ2) is 5.96. The van der Waals surface area contributed by atoms with Crippen molar-refractivity contribution in [3.8, 4) is 0 Å². The van der Waals surface area contributed by atoms with Gasteiger partial charge in [0.05, 0.1) is 6.10 Å². The molecule has 1 aromatic carbocycles. The topological polar surface area (TPSA) is 40.5 Å². The van der Waals surface area contributed by atoms with Crippen molar-refractivity contribution in [3.05, 3.63) is 40.4 Å². The van der Waals surface area contributed by atoms with Crippen LogP contribution in [-0.2, 0) is 0 Å². The first kappa shape index (κ1) is 11.4. The minimum absolute atomic E-state index is 0.0150. The van der Waals surface area contributed by atoms with Gasteiger partial charge < -0.3 is 10.2 Å². The van der Waals surface area contributed by atoms with Crippen LogP contribution in [0.2, 0.25) is 0 Å². The van der Waals surface area contributed by atoms with Crippen LogP contribution in [0.1, 0.15) is 12.0 Å². The Labute approximate surface area is 92.0 Å². The van der Waals surface area contributed by atoms with Crippen molar-refractivity contribution in [1.29, 1.82) is 0 Å². The lowest BCUT2D eigenvalue weighted by Crippen LogP contribution is -2.08. The Bertz CT molecular complexity index is 295. The summed E-state index contributed by atoms with van der Waals surface area (Å²) < 4.78 is 0.692. The van der Waals surface area contributed by atoms with Gasteiger partial charge in [0.25, 0.3) is 0 Å². The molecule has 0 radical (unpaired) electrons. The number of halogens is 1. The molecule has 2 nitrogen and oxygen atoms in total. The maximum Gasteiger partial charge on any atom is 0.0876 e. The number of hydrogen-bond acceptors (Lipinski definition) is 2. The van der Waals surface area contributed by atoms with E-state index >= 15 is 0 Å². The van der Waals surface area contributed by atoms with E-state index in [1.54, 1.807) is 0 Å². The van der Waals surface area contributed by atoms with Crippen molar-refractivity contribution >= 4 is 22.0 Å². The van der Waals surface area contributed by atoms with Gasteiger partial charge in [0.15, 0.2) is 0 Å². The summed E-state index contributed by atoms with van der Waals surface area (Å²) in [5, 5.41) is 18.1. The Balaban J connectivity index is 2.68. The molecule has 1 atom stereocenters. The molecule has 14 heavy (non-hydrogen) atoms. The molecule has 0 fully saturated rings. The van der Waals surface area contributed by atoms with Gasteiger partial charge >= 0.3 is 0 Å². The number of aliphatic hydroxyl groups excluding tert-OH is 2. The minimum atomic E-state index is -0.625. The van der Waals surface area contributed by atoms with Gasteiger partial charge in [0.2, 0.25) is 0 Å². The maximum absolute atomic E-state index is 9.50. The van der Waals surface area contributed by atoms with Crippen LogP contribution in [0.4, 0.5) is 0 Å². The highest BCUT2D eigenvalue weighted by atomic mass is 79.9. The van der Waals surface area contributed by atoms with E-state index in [9.17, 15) is 5.11 Å². The molecule has 76 valence electrons. The summed E-state index contributed by atoms with van der Waals surface area (Å²) >= 11 is 3.28. The van der Waals surface area contributed by atoms with Crippen molar-refractivity contribution in [2.45, 2.75) is 12.5 Å². The first-order chi connectivity index (χ1) is 6.74. The van der Waals surface area contributed by atoms with Crippen molar-refractivity contribution in [2.75, 3.05) is 6.61 Å². The standard InChI is InChI=1S/C11H13BrO2/c12-10(11(14)6-7-13)8-9-4-2-1-3-5-9/h1-5,8,11,13-14H,6-7H2/b10-8-/t11-/m1/s1. The molecule has 0 saturated heterocycles. The first-order valence-electron chi connectivity index (χ1n) is 4.45. The van der Waals surface area contributed by atoms with Crippen LogP contribution < -0.4 is 0 Å². The zero-order valence-electron chi connectivity index (χ0n) is 7.73. The van der Waals surface area contributed by atoms with Gasteiger partial charge in [-0.15, -0.1) is 0 Å². The van der Waals surface area contributed by atoms with Gasteiger partial charge in [-0.05, 0) is 11.6 Å². The van der Waals surface area contributed by atoms with Crippen molar-refractivity contribution in [1.82, 2.24) is 0 Å². The van der Waals surface area contributed by atoms with Crippen LogP contribution in [0.5, 0.6) is 0 Å². The van der Waals surface area contributed by atoms with Gasteiger partial charge in [0, 0.05) is 17.5 Å². The van der Waals surface area contributed by atoms with E-state index in [1.807, 2.05) is 36.4 Å². The molecule has 0 aliphatic carbocycles. The van der Waals surface area contributed by atoms with Crippen molar-refractivity contribution in [3.63, 3.8) is 0 Å². The van der Waals surface area contributed by atoms with Gasteiger partial charge in [0.1, 0.15) is 0 Å². The highest BCUT2D eigenvalue weighted by Crippen LogP contribution is 2.17. The fourth-order valence-corrected chi connectivity index (χ4v) is 1.56. The molecule has 3 heteroatoms. The van der Waals surface area contributed by atoms with Gasteiger partial charge in [-0.3, -0.25) is 0 Å². The number of hydrogen-bond donors (Lipinski definition) is 2. The molecule has 1 aromatic rings. The van der Waals surface area contributed by atoms with E-state index < -0.39 is 6.10 Å². The Kier molecular flexibility index (Phi) is 4.87. The zero-order valence-corrected chi connectivity index (χ0v) is 9.31. The monoisotopic (exact) mass is 256 g/mol. The summed E-state index contributed by atoms with van der Waals surface area (Å²) in [4.78, 5) is 0. The highest BCUT2D eigenvalue weighted by Gasteiger charge is 2.06. The predicted octanol–water partition coefficient (Wildman–Crippen LogP) is 2.17. The molecule has 0 aliphatic heterocycles. The number of aliphatic hydroxyl groups is 2. The second-order valence-electron chi connectivity index (χ2n) is 2.97. The zero-order chi connectivity index (χ0) is 10.4. The molecule has 0 aromatic heterocycles. The minimum Gasteiger partial charge on any atom is -0.396 e. The molecule has 0 unspecified atom stereocenters. The summed E-state index contributed by atoms with van der Waals surface area (Å²) in [7, 11) is 0. The third kappa shape index (κ3) is 3.62. The Morgan fingerprint density at radius 2 is 2.00 bits per heavy atom. The molecular formula is C11H13BrO2. The van der Waals surface area contributed by atoms with Crippen molar-refractivity contribution < 1.29 is 10.2 Å². The van der Waals surface area contributed by atoms with E-state index in [0.717, 1.165) is 5.56 Å². The van der Waals surface area contributed by atoms with E-state index in [2.05, 4.69) is 15.9 Å². The molecule has 0 spiro atoms. The van der Waals surface area contributed by atoms with Crippen LogP contribution in [0, 0.1) is 0 Å². The SMILES string of the molecule is OCC[C@@H](O)/C(Br)=C/c1ccccc1. The normalized spacial score (nSPS) is 14.1. The summed E-state index contributed by atoms with van der Waals surface area (Å²) in [5.74, 6) is 0. The molecule has 2 N–H and O–H groups in total. The average Bonchev–Trinajstić information content (AvgIpc) is 2.19. The highest BCUT2D eigenvalue weighted by molar-refractivity contribution is 9.11. The Morgan fingerprint density at radius 3 is 2.57 bits per heavy atom. The van der Waals surface area contributed by atoms with E-state index in [0.29, 0.717) is 10.9 Å². The average molecular weight is 257 g/mol. The molecule has 0 heterocycles.